The summed E-state index contributed by atoms with van der Waals surface area (Å²) in [5, 5.41) is 28.9. The number of nitrogens with zero attached hydrogens (tertiary/aromatic N) is 1. The van der Waals surface area contributed by atoms with E-state index in [1.807, 2.05) is 26.0 Å². The number of benzene rings is 2. The molecular formula is C32H33F2NO6. The molecule has 0 saturated heterocycles. The van der Waals surface area contributed by atoms with E-state index < -0.39 is 23.2 Å². The Labute approximate surface area is 236 Å². The minimum Gasteiger partial charge on any atom is -0.490 e. The Balaban J connectivity index is 1.16. The molecule has 0 amide bonds. The summed E-state index contributed by atoms with van der Waals surface area (Å²) >= 11 is 0. The van der Waals surface area contributed by atoms with Crippen molar-refractivity contribution in [3.63, 3.8) is 0 Å². The van der Waals surface area contributed by atoms with Crippen LogP contribution in [-0.4, -0.2) is 44.6 Å². The molecule has 3 aliphatic rings. The predicted molar refractivity (Wildman–Crippen MR) is 146 cm³/mol. The zero-order valence-electron chi connectivity index (χ0n) is 23.2. The monoisotopic (exact) mass is 565 g/mol. The molecule has 0 unspecified atom stereocenters. The van der Waals surface area contributed by atoms with Gasteiger partial charge in [0.1, 0.15) is 24.0 Å². The molecule has 4 atom stereocenters. The molecule has 3 aromatic rings. The Hall–Kier alpha value is -3.56. The highest BCUT2D eigenvalue weighted by molar-refractivity contribution is 5.78. The van der Waals surface area contributed by atoms with E-state index in [0.717, 1.165) is 28.3 Å². The van der Waals surface area contributed by atoms with E-state index in [4.69, 9.17) is 9.47 Å². The van der Waals surface area contributed by atoms with Crippen LogP contribution in [0, 0.1) is 43.2 Å². The van der Waals surface area contributed by atoms with Crippen LogP contribution in [0.2, 0.25) is 0 Å². The van der Waals surface area contributed by atoms with Crippen molar-refractivity contribution in [3.05, 3.63) is 76.0 Å². The highest BCUT2D eigenvalue weighted by Gasteiger charge is 2.60. The molecule has 2 fully saturated rings. The lowest BCUT2D eigenvalue weighted by Gasteiger charge is -2.43. The van der Waals surface area contributed by atoms with Crippen LogP contribution in [0.1, 0.15) is 53.5 Å². The van der Waals surface area contributed by atoms with Gasteiger partial charge in [-0.25, -0.2) is 13.8 Å². The third-order valence-electron chi connectivity index (χ3n) is 9.15. The summed E-state index contributed by atoms with van der Waals surface area (Å²) < 4.78 is 41.7. The maximum atomic E-state index is 15.1. The van der Waals surface area contributed by atoms with Gasteiger partial charge in [-0.15, -0.1) is 0 Å². The molecule has 9 heteroatoms. The normalized spacial score (nSPS) is 25.5. The number of hydrogen-bond donors (Lipinski definition) is 3. The molecule has 3 aliphatic carbocycles. The molecule has 1 aromatic heterocycles. The Kier molecular flexibility index (Phi) is 6.77. The number of fused-ring (bicyclic) bond motifs is 3. The molecule has 0 bridgehead atoms. The lowest BCUT2D eigenvalue weighted by atomic mass is 9.72. The molecule has 0 aliphatic heterocycles. The van der Waals surface area contributed by atoms with Gasteiger partial charge in [-0.2, -0.15) is 0 Å². The fourth-order valence-electron chi connectivity index (χ4n) is 6.64. The summed E-state index contributed by atoms with van der Waals surface area (Å²) in [6.45, 7) is 4.88. The van der Waals surface area contributed by atoms with Crippen molar-refractivity contribution >= 4 is 5.97 Å². The van der Waals surface area contributed by atoms with Gasteiger partial charge in [0.25, 0.3) is 0 Å². The summed E-state index contributed by atoms with van der Waals surface area (Å²) in [4.78, 5) is 15.6. The zero-order chi connectivity index (χ0) is 29.2. The van der Waals surface area contributed by atoms with Gasteiger partial charge >= 0.3 is 5.97 Å². The van der Waals surface area contributed by atoms with E-state index in [1.165, 1.54) is 6.07 Å². The van der Waals surface area contributed by atoms with Gasteiger partial charge < -0.3 is 24.8 Å². The number of hydrogen-bond acceptors (Lipinski definition) is 6. The molecular weight excluding hydrogens is 532 g/mol. The van der Waals surface area contributed by atoms with Gasteiger partial charge in [0.2, 0.25) is 5.88 Å². The fourth-order valence-corrected chi connectivity index (χ4v) is 6.64. The van der Waals surface area contributed by atoms with Crippen molar-refractivity contribution in [2.75, 3.05) is 6.61 Å². The Morgan fingerprint density at radius 1 is 1.10 bits per heavy atom. The first-order valence-electron chi connectivity index (χ1n) is 13.9. The molecule has 216 valence electrons. The largest absolute Gasteiger partial charge is 0.490 e. The van der Waals surface area contributed by atoms with Crippen LogP contribution in [0.5, 0.6) is 11.6 Å². The van der Waals surface area contributed by atoms with Crippen molar-refractivity contribution in [3.8, 4) is 22.8 Å². The highest BCUT2D eigenvalue weighted by atomic mass is 19.1. The number of halogens is 2. The number of aliphatic carboxylic acids is 1. The van der Waals surface area contributed by atoms with Crippen LogP contribution in [0.3, 0.4) is 0 Å². The first-order valence-corrected chi connectivity index (χ1v) is 13.9. The van der Waals surface area contributed by atoms with E-state index in [2.05, 4.69) is 4.98 Å². The minimum absolute atomic E-state index is 0.0117. The van der Waals surface area contributed by atoms with Gasteiger partial charge in [-0.05, 0) is 97.9 Å². The summed E-state index contributed by atoms with van der Waals surface area (Å²) in [5.41, 5.74) is 3.46. The zero-order valence-corrected chi connectivity index (χ0v) is 23.2. The van der Waals surface area contributed by atoms with E-state index in [9.17, 15) is 24.5 Å². The molecule has 0 spiro atoms. The Morgan fingerprint density at radius 3 is 2.46 bits per heavy atom. The number of rotatable bonds is 9. The topological polar surface area (TPSA) is 109 Å². The molecule has 41 heavy (non-hydrogen) atoms. The van der Waals surface area contributed by atoms with E-state index in [0.29, 0.717) is 36.5 Å². The molecule has 0 radical (unpaired) electrons. The summed E-state index contributed by atoms with van der Waals surface area (Å²) in [6, 6.07) is 7.77. The van der Waals surface area contributed by atoms with Gasteiger partial charge in [0, 0.05) is 35.4 Å². The lowest BCUT2D eigenvalue weighted by Crippen LogP contribution is -2.49. The standard InChI is InChI=1S/C32H33F2NO6/c1-15-4-20(41-21-9-19(10-21)32(3,39)14-36)5-16(2)28(15)22-7-18(25(33)11-26(22)34)13-40-27-8-17-6-23-29(24(17)12-35-27)30(23)31(37)38/h4-5,7-8,11-12,19,21,23,29-30,36,39H,6,9-10,13-14H2,1-3H3,(H,37,38)/t19-,21+,23-,29-,30+,32+/m1/s1. The first-order chi connectivity index (χ1) is 19.5. The molecule has 7 nitrogen and oxygen atoms in total. The van der Waals surface area contributed by atoms with Gasteiger partial charge in [-0.1, -0.05) is 0 Å². The number of aryl methyl sites for hydroxylation is 2. The second kappa shape index (κ2) is 10.1. The van der Waals surface area contributed by atoms with Gasteiger partial charge in [0.15, 0.2) is 0 Å². The number of ether oxygens (including phenoxy) is 2. The first kappa shape index (κ1) is 27.6. The number of aliphatic hydroxyl groups excluding tert-OH is 1. The van der Waals surface area contributed by atoms with Crippen LogP contribution in [-0.2, 0) is 17.8 Å². The van der Waals surface area contributed by atoms with Crippen molar-refractivity contribution in [2.45, 2.75) is 64.3 Å². The number of carbonyl (C=O) groups is 1. The Bertz CT molecular complexity index is 1510. The highest BCUT2D eigenvalue weighted by Crippen LogP contribution is 2.61. The third kappa shape index (κ3) is 4.95. The quantitative estimate of drug-likeness (QED) is 0.332. The smallest absolute Gasteiger partial charge is 0.307 e. The maximum Gasteiger partial charge on any atom is 0.307 e. The van der Waals surface area contributed by atoms with Crippen LogP contribution < -0.4 is 9.47 Å². The Morgan fingerprint density at radius 2 is 1.80 bits per heavy atom. The van der Waals surface area contributed by atoms with Crippen LogP contribution in [0.15, 0.2) is 36.5 Å². The molecule has 2 saturated carbocycles. The van der Waals surface area contributed by atoms with Crippen LogP contribution >= 0.6 is 0 Å². The number of aliphatic hydroxyl groups is 2. The molecule has 2 aromatic carbocycles. The van der Waals surface area contributed by atoms with Crippen molar-refractivity contribution in [1.29, 1.82) is 0 Å². The maximum absolute atomic E-state index is 15.1. The number of carboxylic acid groups (broad SMARTS) is 1. The predicted octanol–water partition coefficient (Wildman–Crippen LogP) is 5.09. The van der Waals surface area contributed by atoms with Crippen LogP contribution in [0.25, 0.3) is 11.1 Å². The summed E-state index contributed by atoms with van der Waals surface area (Å²) in [6.07, 6.45) is 3.50. The SMILES string of the molecule is Cc1cc(O[C@H]2C[C@@H]([C@@](C)(O)CO)C2)cc(C)c1-c1cc(COc2cc3c(cn2)[C@H]2[C@@H](C3)[C@@H]2C(=O)O)c(F)cc1F. The number of carboxylic acids is 1. The van der Waals surface area contributed by atoms with E-state index in [-0.39, 0.29) is 54.1 Å². The van der Waals surface area contributed by atoms with Gasteiger partial charge in [-0.3, -0.25) is 4.79 Å². The number of pyridine rings is 1. The third-order valence-corrected chi connectivity index (χ3v) is 9.15. The van der Waals surface area contributed by atoms with Crippen molar-refractivity contribution in [1.82, 2.24) is 4.98 Å². The van der Waals surface area contributed by atoms with E-state index >= 15 is 4.39 Å². The summed E-state index contributed by atoms with van der Waals surface area (Å²) in [7, 11) is 0. The fraction of sp³-hybridized carbons (Fsp3) is 0.438. The lowest BCUT2D eigenvalue weighted by molar-refractivity contribution is -0.139. The van der Waals surface area contributed by atoms with Crippen molar-refractivity contribution < 1.29 is 38.4 Å². The van der Waals surface area contributed by atoms with Crippen molar-refractivity contribution in [2.24, 2.45) is 17.8 Å². The molecule has 3 N–H and O–H groups in total. The summed E-state index contributed by atoms with van der Waals surface area (Å²) in [5.74, 6) is -1.47. The second-order valence-electron chi connectivity index (χ2n) is 12.0. The minimum atomic E-state index is -1.13. The van der Waals surface area contributed by atoms with Crippen LogP contribution in [0.4, 0.5) is 8.78 Å². The van der Waals surface area contributed by atoms with Gasteiger partial charge in [0.05, 0.1) is 24.2 Å². The molecule has 1 heterocycles. The van der Waals surface area contributed by atoms with E-state index in [1.54, 1.807) is 19.2 Å². The molecule has 6 rings (SSSR count). The average molecular weight is 566 g/mol. The number of aromatic nitrogens is 1. The average Bonchev–Trinajstić information content (AvgIpc) is 3.48. The second-order valence-corrected chi connectivity index (χ2v) is 12.0.